The molecular weight excluding hydrogens is 292 g/mol. The Morgan fingerprint density at radius 1 is 0.909 bits per heavy atom. The summed E-state index contributed by atoms with van der Waals surface area (Å²) in [5.74, 6) is 0.851. The Morgan fingerprint density at radius 3 is 2.14 bits per heavy atom. The summed E-state index contributed by atoms with van der Waals surface area (Å²) >= 11 is 1.72. The number of hydrogen-bond donors (Lipinski definition) is 2. The fourth-order valence-corrected chi connectivity index (χ4v) is 3.35. The molecular formula is C19H24O2S. The smallest absolute Gasteiger partial charge is 0.0832 e. The summed E-state index contributed by atoms with van der Waals surface area (Å²) < 4.78 is 0. The third kappa shape index (κ3) is 5.48. The molecule has 118 valence electrons. The largest absolute Gasteiger partial charge is 0.390 e. The summed E-state index contributed by atoms with van der Waals surface area (Å²) in [7, 11) is 0. The van der Waals surface area contributed by atoms with Crippen LogP contribution in [0.2, 0.25) is 0 Å². The van der Waals surface area contributed by atoms with Crippen molar-refractivity contribution in [3.63, 3.8) is 0 Å². The molecule has 2 N–H and O–H groups in total. The van der Waals surface area contributed by atoms with E-state index in [-0.39, 0.29) is 5.92 Å². The second-order valence-electron chi connectivity index (χ2n) is 5.68. The number of aliphatic hydroxyl groups is 2. The van der Waals surface area contributed by atoms with E-state index in [4.69, 9.17) is 0 Å². The zero-order valence-corrected chi connectivity index (χ0v) is 13.7. The van der Waals surface area contributed by atoms with Gasteiger partial charge in [0.2, 0.25) is 0 Å². The first-order chi connectivity index (χ1) is 10.7. The highest BCUT2D eigenvalue weighted by molar-refractivity contribution is 7.99. The monoisotopic (exact) mass is 316 g/mol. The highest BCUT2D eigenvalue weighted by Gasteiger charge is 2.22. The van der Waals surface area contributed by atoms with E-state index in [2.05, 4.69) is 12.1 Å². The van der Waals surface area contributed by atoms with Crippen LogP contribution in [0.5, 0.6) is 0 Å². The van der Waals surface area contributed by atoms with Crippen LogP contribution in [0.3, 0.4) is 0 Å². The molecule has 0 fully saturated rings. The van der Waals surface area contributed by atoms with Gasteiger partial charge in [-0.15, -0.1) is 11.8 Å². The fourth-order valence-electron chi connectivity index (χ4n) is 2.35. The number of aliphatic hydroxyl groups excluding tert-OH is 2. The minimum Gasteiger partial charge on any atom is -0.390 e. The molecule has 2 aromatic carbocycles. The zero-order chi connectivity index (χ0) is 15.8. The van der Waals surface area contributed by atoms with Crippen molar-refractivity contribution in [2.75, 3.05) is 5.75 Å². The van der Waals surface area contributed by atoms with Gasteiger partial charge in [-0.2, -0.15) is 0 Å². The van der Waals surface area contributed by atoms with E-state index < -0.39 is 12.2 Å². The van der Waals surface area contributed by atoms with Crippen molar-refractivity contribution >= 4 is 11.8 Å². The van der Waals surface area contributed by atoms with Crippen LogP contribution < -0.4 is 0 Å². The van der Waals surface area contributed by atoms with Crippen LogP contribution in [-0.2, 0) is 6.42 Å². The third-order valence-electron chi connectivity index (χ3n) is 3.80. The molecule has 0 aliphatic heterocycles. The Morgan fingerprint density at radius 2 is 1.50 bits per heavy atom. The van der Waals surface area contributed by atoms with Gasteiger partial charge < -0.3 is 10.2 Å². The van der Waals surface area contributed by atoms with Crippen LogP contribution in [-0.4, -0.2) is 28.2 Å². The maximum absolute atomic E-state index is 10.3. The number of aryl methyl sites for hydroxylation is 1. The van der Waals surface area contributed by atoms with Gasteiger partial charge in [0.05, 0.1) is 12.2 Å². The normalized spacial score (nSPS) is 15.2. The number of hydrogen-bond acceptors (Lipinski definition) is 3. The maximum Gasteiger partial charge on any atom is 0.0832 e. The zero-order valence-electron chi connectivity index (χ0n) is 12.9. The molecule has 3 atom stereocenters. The predicted molar refractivity (Wildman–Crippen MR) is 93.1 cm³/mol. The van der Waals surface area contributed by atoms with Crippen LogP contribution in [0, 0.1) is 5.92 Å². The molecule has 0 radical (unpaired) electrons. The Balaban J connectivity index is 1.75. The summed E-state index contributed by atoms with van der Waals surface area (Å²) in [5, 5.41) is 20.5. The lowest BCUT2D eigenvalue weighted by Crippen LogP contribution is -2.33. The van der Waals surface area contributed by atoms with Crippen molar-refractivity contribution in [1.29, 1.82) is 0 Å². The topological polar surface area (TPSA) is 40.5 Å². The lowest BCUT2D eigenvalue weighted by molar-refractivity contribution is -0.0107. The van der Waals surface area contributed by atoms with Crippen LogP contribution in [0.25, 0.3) is 0 Å². The van der Waals surface area contributed by atoms with E-state index in [9.17, 15) is 10.2 Å². The maximum atomic E-state index is 10.3. The summed E-state index contributed by atoms with van der Waals surface area (Å²) in [5.41, 5.74) is 1.19. The second-order valence-corrected chi connectivity index (χ2v) is 6.78. The van der Waals surface area contributed by atoms with E-state index in [0.717, 1.165) is 12.2 Å². The first kappa shape index (κ1) is 17.1. The lowest BCUT2D eigenvalue weighted by atomic mass is 9.96. The Bertz CT molecular complexity index is 480. The standard InChI is InChI=1S/C19H24O2S/c1-15(14-22-17-10-6-3-7-11-17)19(21)18(20)13-12-16-8-4-2-5-9-16/h2-11,15,18-21H,12-14H2,1H3. The quantitative estimate of drug-likeness (QED) is 0.728. The molecule has 22 heavy (non-hydrogen) atoms. The molecule has 0 bridgehead atoms. The highest BCUT2D eigenvalue weighted by Crippen LogP contribution is 2.23. The van der Waals surface area contributed by atoms with Crippen molar-refractivity contribution < 1.29 is 10.2 Å². The Labute approximate surface area is 137 Å². The molecule has 0 aliphatic carbocycles. The average Bonchev–Trinajstić information content (AvgIpc) is 2.58. The van der Waals surface area contributed by atoms with Gasteiger partial charge in [0, 0.05) is 10.6 Å². The minimum absolute atomic E-state index is 0.0518. The summed E-state index contributed by atoms with van der Waals surface area (Å²) in [6, 6.07) is 20.2. The highest BCUT2D eigenvalue weighted by atomic mass is 32.2. The number of thioether (sulfide) groups is 1. The van der Waals surface area contributed by atoms with Crippen molar-refractivity contribution in [2.24, 2.45) is 5.92 Å². The fraction of sp³-hybridized carbons (Fsp3) is 0.368. The molecule has 0 saturated heterocycles. The van der Waals surface area contributed by atoms with Crippen molar-refractivity contribution in [3.8, 4) is 0 Å². The van der Waals surface area contributed by atoms with E-state index in [1.165, 1.54) is 10.5 Å². The van der Waals surface area contributed by atoms with Gasteiger partial charge >= 0.3 is 0 Å². The van der Waals surface area contributed by atoms with E-state index in [1.54, 1.807) is 11.8 Å². The molecule has 3 heteroatoms. The number of benzene rings is 2. The molecule has 0 aliphatic rings. The van der Waals surface area contributed by atoms with Crippen LogP contribution >= 0.6 is 11.8 Å². The van der Waals surface area contributed by atoms with Gasteiger partial charge in [0.25, 0.3) is 0 Å². The van der Waals surface area contributed by atoms with Crippen molar-refractivity contribution in [1.82, 2.24) is 0 Å². The van der Waals surface area contributed by atoms with Gasteiger partial charge in [-0.1, -0.05) is 55.5 Å². The molecule has 0 saturated carbocycles. The molecule has 0 heterocycles. The molecule has 2 nitrogen and oxygen atoms in total. The summed E-state index contributed by atoms with van der Waals surface area (Å²) in [4.78, 5) is 1.19. The Hall–Kier alpha value is -1.29. The molecule has 0 amide bonds. The first-order valence-corrected chi connectivity index (χ1v) is 8.73. The first-order valence-electron chi connectivity index (χ1n) is 7.74. The lowest BCUT2D eigenvalue weighted by Gasteiger charge is -2.23. The molecule has 3 unspecified atom stereocenters. The van der Waals surface area contributed by atoms with Gasteiger partial charge in [0.1, 0.15) is 0 Å². The summed E-state index contributed by atoms with van der Waals surface area (Å²) in [6.07, 6.45) is 0.0230. The number of rotatable bonds is 8. The SMILES string of the molecule is CC(CSc1ccccc1)C(O)C(O)CCc1ccccc1. The predicted octanol–water partition coefficient (Wildman–Crippen LogP) is 3.77. The molecule has 0 aromatic heterocycles. The summed E-state index contributed by atoms with van der Waals surface area (Å²) in [6.45, 7) is 1.99. The van der Waals surface area contributed by atoms with Gasteiger partial charge in [0.15, 0.2) is 0 Å². The third-order valence-corrected chi connectivity index (χ3v) is 5.10. The molecule has 0 spiro atoms. The molecule has 2 aromatic rings. The average molecular weight is 316 g/mol. The van der Waals surface area contributed by atoms with Crippen LogP contribution in [0.15, 0.2) is 65.6 Å². The van der Waals surface area contributed by atoms with E-state index in [0.29, 0.717) is 6.42 Å². The molecule has 2 rings (SSSR count). The van der Waals surface area contributed by atoms with Crippen molar-refractivity contribution in [3.05, 3.63) is 66.2 Å². The second kappa shape index (κ2) is 8.99. The minimum atomic E-state index is -0.681. The van der Waals surface area contributed by atoms with Crippen LogP contribution in [0.1, 0.15) is 18.9 Å². The van der Waals surface area contributed by atoms with Gasteiger partial charge in [-0.3, -0.25) is 0 Å². The van der Waals surface area contributed by atoms with Crippen LogP contribution in [0.4, 0.5) is 0 Å². The van der Waals surface area contributed by atoms with Gasteiger partial charge in [-0.25, -0.2) is 0 Å². The van der Waals surface area contributed by atoms with E-state index in [1.807, 2.05) is 55.5 Å². The van der Waals surface area contributed by atoms with Crippen molar-refractivity contribution in [2.45, 2.75) is 36.9 Å². The van der Waals surface area contributed by atoms with Gasteiger partial charge in [-0.05, 0) is 36.5 Å². The Kier molecular flexibility index (Phi) is 6.97. The van der Waals surface area contributed by atoms with E-state index >= 15 is 0 Å².